The van der Waals surface area contributed by atoms with E-state index in [0.29, 0.717) is 32.4 Å². The molecule has 1 heterocycles. The largest absolute Gasteiger partial charge is 0.481 e. The third-order valence-corrected chi connectivity index (χ3v) is 7.29. The SMILES string of the molecule is CC(CCCC(=O)N1C[C@@H](CC(=O)O)[C@H](C)C1)NC(=O)OCC1c2ccccc2-c2ccccc21. The molecule has 1 aliphatic heterocycles. The zero-order chi connectivity index (χ0) is 24.9. The number of carboxylic acids is 1. The number of carbonyl (C=O) groups excluding carboxylic acids is 2. The molecule has 3 atom stereocenters. The van der Waals surface area contributed by atoms with E-state index < -0.39 is 12.1 Å². The molecule has 1 fully saturated rings. The molecular formula is C28H34N2O5. The molecule has 0 radical (unpaired) electrons. The van der Waals surface area contributed by atoms with Crippen molar-refractivity contribution in [2.24, 2.45) is 11.8 Å². The van der Waals surface area contributed by atoms with Crippen molar-refractivity contribution < 1.29 is 24.2 Å². The summed E-state index contributed by atoms with van der Waals surface area (Å²) in [4.78, 5) is 37.8. The smallest absolute Gasteiger partial charge is 0.407 e. The number of hydrogen-bond acceptors (Lipinski definition) is 4. The minimum Gasteiger partial charge on any atom is -0.481 e. The second kappa shape index (κ2) is 10.9. The van der Waals surface area contributed by atoms with Crippen LogP contribution in [0.15, 0.2) is 48.5 Å². The van der Waals surface area contributed by atoms with Gasteiger partial charge in [-0.1, -0.05) is 55.5 Å². The predicted octanol–water partition coefficient (Wildman–Crippen LogP) is 4.65. The van der Waals surface area contributed by atoms with Crippen LogP contribution in [0.4, 0.5) is 4.79 Å². The summed E-state index contributed by atoms with van der Waals surface area (Å²) in [6.45, 7) is 5.31. The van der Waals surface area contributed by atoms with Crippen LogP contribution in [0.2, 0.25) is 0 Å². The first-order chi connectivity index (χ1) is 16.8. The number of nitrogens with one attached hydrogen (secondary N) is 1. The van der Waals surface area contributed by atoms with Crippen LogP contribution < -0.4 is 5.32 Å². The van der Waals surface area contributed by atoms with Gasteiger partial charge in [0.15, 0.2) is 0 Å². The molecule has 2 N–H and O–H groups in total. The third-order valence-electron chi connectivity index (χ3n) is 7.29. The summed E-state index contributed by atoms with van der Waals surface area (Å²) in [5.41, 5.74) is 4.73. The molecule has 2 amide bonds. The van der Waals surface area contributed by atoms with Gasteiger partial charge in [-0.2, -0.15) is 0 Å². The number of hydrogen-bond donors (Lipinski definition) is 2. The van der Waals surface area contributed by atoms with Crippen molar-refractivity contribution in [2.45, 2.75) is 51.5 Å². The topological polar surface area (TPSA) is 95.9 Å². The summed E-state index contributed by atoms with van der Waals surface area (Å²) in [5, 5.41) is 11.9. The number of fused-ring (bicyclic) bond motifs is 3. The summed E-state index contributed by atoms with van der Waals surface area (Å²) >= 11 is 0. The zero-order valence-electron chi connectivity index (χ0n) is 20.4. The Labute approximate surface area is 206 Å². The molecule has 2 aromatic rings. The van der Waals surface area contributed by atoms with Crippen LogP contribution in [0, 0.1) is 11.8 Å². The van der Waals surface area contributed by atoms with Crippen molar-refractivity contribution in [1.82, 2.24) is 10.2 Å². The first-order valence-electron chi connectivity index (χ1n) is 12.4. The van der Waals surface area contributed by atoms with Crippen LogP contribution in [0.25, 0.3) is 11.1 Å². The van der Waals surface area contributed by atoms with Gasteiger partial charge in [-0.05, 0) is 53.9 Å². The summed E-state index contributed by atoms with van der Waals surface area (Å²) in [5.74, 6) is -0.522. The molecule has 0 aromatic heterocycles. The van der Waals surface area contributed by atoms with Crippen molar-refractivity contribution in [3.63, 3.8) is 0 Å². The second-order valence-electron chi connectivity index (χ2n) is 9.90. The average Bonchev–Trinajstić information content (AvgIpc) is 3.35. The van der Waals surface area contributed by atoms with E-state index in [1.54, 1.807) is 4.90 Å². The summed E-state index contributed by atoms with van der Waals surface area (Å²) in [6.07, 6.45) is 1.36. The highest BCUT2D eigenvalue weighted by Gasteiger charge is 2.33. The Balaban J connectivity index is 1.19. The summed E-state index contributed by atoms with van der Waals surface area (Å²) < 4.78 is 5.60. The van der Waals surface area contributed by atoms with Gasteiger partial charge in [-0.25, -0.2) is 4.79 Å². The molecule has 7 nitrogen and oxygen atoms in total. The van der Waals surface area contributed by atoms with E-state index in [2.05, 4.69) is 29.6 Å². The molecule has 1 saturated heterocycles. The van der Waals surface area contributed by atoms with Crippen LogP contribution >= 0.6 is 0 Å². The Kier molecular flexibility index (Phi) is 7.73. The molecule has 2 aromatic carbocycles. The normalized spacial score (nSPS) is 19.7. The van der Waals surface area contributed by atoms with Crippen molar-refractivity contribution >= 4 is 18.0 Å². The maximum absolute atomic E-state index is 12.5. The van der Waals surface area contributed by atoms with Gasteiger partial charge in [-0.3, -0.25) is 9.59 Å². The number of alkyl carbamates (subject to hydrolysis) is 1. The van der Waals surface area contributed by atoms with Crippen LogP contribution in [-0.2, 0) is 14.3 Å². The standard InChI is InChI=1S/C28H34N2O5/c1-18-15-30(16-20(18)14-27(32)33)26(31)13-7-8-19(2)29-28(34)35-17-25-23-11-5-3-9-21(23)22-10-4-6-12-24(22)25/h3-6,9-12,18-20,25H,7-8,13-17H2,1-2H3,(H,29,34)(H,32,33)/t18-,19?,20-/m1/s1. The van der Waals surface area contributed by atoms with E-state index in [1.807, 2.05) is 38.1 Å². The fourth-order valence-corrected chi connectivity index (χ4v) is 5.36. The van der Waals surface area contributed by atoms with Crippen LogP contribution in [0.1, 0.15) is 56.6 Å². The van der Waals surface area contributed by atoms with Gasteiger partial charge < -0.3 is 20.1 Å². The number of benzene rings is 2. The highest BCUT2D eigenvalue weighted by Crippen LogP contribution is 2.44. The lowest BCUT2D eigenvalue weighted by molar-refractivity contribution is -0.138. The molecule has 1 unspecified atom stereocenters. The Hall–Kier alpha value is -3.35. The molecule has 35 heavy (non-hydrogen) atoms. The van der Waals surface area contributed by atoms with Gasteiger partial charge in [0.05, 0.1) is 6.42 Å². The van der Waals surface area contributed by atoms with Gasteiger partial charge in [0.25, 0.3) is 0 Å². The average molecular weight is 479 g/mol. The summed E-state index contributed by atoms with van der Waals surface area (Å²) in [6, 6.07) is 16.3. The van der Waals surface area contributed by atoms with E-state index in [0.717, 1.165) is 0 Å². The third kappa shape index (κ3) is 5.84. The van der Waals surface area contributed by atoms with Gasteiger partial charge >= 0.3 is 12.1 Å². The number of rotatable bonds is 9. The number of nitrogens with zero attached hydrogens (tertiary/aromatic N) is 1. The van der Waals surface area contributed by atoms with Crippen LogP contribution in [0.5, 0.6) is 0 Å². The maximum atomic E-state index is 12.5. The van der Waals surface area contributed by atoms with E-state index in [9.17, 15) is 14.4 Å². The van der Waals surface area contributed by atoms with Crippen molar-refractivity contribution in [3.05, 3.63) is 59.7 Å². The molecule has 186 valence electrons. The molecule has 0 saturated carbocycles. The molecule has 1 aliphatic carbocycles. The quantitative estimate of drug-likeness (QED) is 0.547. The van der Waals surface area contributed by atoms with E-state index in [1.165, 1.54) is 22.3 Å². The van der Waals surface area contributed by atoms with Crippen molar-refractivity contribution in [1.29, 1.82) is 0 Å². The van der Waals surface area contributed by atoms with E-state index in [-0.39, 0.29) is 42.7 Å². The summed E-state index contributed by atoms with van der Waals surface area (Å²) in [7, 11) is 0. The minimum absolute atomic E-state index is 0.0191. The minimum atomic E-state index is -0.815. The lowest BCUT2D eigenvalue weighted by Crippen LogP contribution is -2.34. The highest BCUT2D eigenvalue weighted by atomic mass is 16.5. The second-order valence-corrected chi connectivity index (χ2v) is 9.90. The Bertz CT molecular complexity index is 1040. The predicted molar refractivity (Wildman–Crippen MR) is 133 cm³/mol. The van der Waals surface area contributed by atoms with E-state index >= 15 is 0 Å². The van der Waals surface area contributed by atoms with E-state index in [4.69, 9.17) is 9.84 Å². The number of likely N-dealkylation sites (tertiary alicyclic amines) is 1. The molecule has 2 aliphatic rings. The Morgan fingerprint density at radius 3 is 2.31 bits per heavy atom. The lowest BCUT2D eigenvalue weighted by Gasteiger charge is -2.18. The molecule has 0 spiro atoms. The molecule has 0 bridgehead atoms. The van der Waals surface area contributed by atoms with Crippen LogP contribution in [-0.4, -0.2) is 53.7 Å². The van der Waals surface area contributed by atoms with Gasteiger partial charge in [0.2, 0.25) is 5.91 Å². The maximum Gasteiger partial charge on any atom is 0.407 e. The lowest BCUT2D eigenvalue weighted by atomic mass is 9.95. The zero-order valence-corrected chi connectivity index (χ0v) is 20.4. The monoisotopic (exact) mass is 478 g/mol. The molecule has 7 heteroatoms. The highest BCUT2D eigenvalue weighted by molar-refractivity contribution is 5.79. The van der Waals surface area contributed by atoms with Gasteiger partial charge in [0.1, 0.15) is 6.61 Å². The first kappa shape index (κ1) is 24.8. The van der Waals surface area contributed by atoms with Crippen molar-refractivity contribution in [2.75, 3.05) is 19.7 Å². The number of aliphatic carboxylic acids is 1. The van der Waals surface area contributed by atoms with Crippen molar-refractivity contribution in [3.8, 4) is 11.1 Å². The fourth-order valence-electron chi connectivity index (χ4n) is 5.36. The number of ether oxygens (including phenoxy) is 1. The Morgan fingerprint density at radius 2 is 1.69 bits per heavy atom. The van der Waals surface area contributed by atoms with Crippen LogP contribution in [0.3, 0.4) is 0 Å². The molecule has 4 rings (SSSR count). The number of carbonyl (C=O) groups is 3. The van der Waals surface area contributed by atoms with Gasteiger partial charge in [-0.15, -0.1) is 0 Å². The fraction of sp³-hybridized carbons (Fsp3) is 0.464. The Morgan fingerprint density at radius 1 is 1.06 bits per heavy atom. The number of amides is 2. The molecular weight excluding hydrogens is 444 g/mol. The first-order valence-corrected chi connectivity index (χ1v) is 12.4. The number of carboxylic acid groups (broad SMARTS) is 1. The van der Waals surface area contributed by atoms with Gasteiger partial charge in [0, 0.05) is 31.5 Å².